The van der Waals surface area contributed by atoms with Gasteiger partial charge in [0.25, 0.3) is 0 Å². The first-order valence-electron chi connectivity index (χ1n) is 7.32. The average Bonchev–Trinajstić information content (AvgIpc) is 3.00. The number of amides is 1. The standard InChI is InChI=1S/C16H20N4O/c17-14(7-6-13-4-2-1-3-5-13)16(21)20-11-10-19-9-8-18-15(19)12-20/h1-5,8-9,14H,6-7,10-12,17H2/t14-/m0/s1. The number of fused-ring (bicyclic) bond motifs is 1. The SMILES string of the molecule is N[C@@H](CCc1ccccc1)C(=O)N1CCn2ccnc2C1. The highest BCUT2D eigenvalue weighted by Crippen LogP contribution is 2.13. The highest BCUT2D eigenvalue weighted by Gasteiger charge is 2.25. The van der Waals surface area contributed by atoms with E-state index < -0.39 is 6.04 Å². The van der Waals surface area contributed by atoms with E-state index in [-0.39, 0.29) is 5.91 Å². The summed E-state index contributed by atoms with van der Waals surface area (Å²) in [4.78, 5) is 18.5. The molecule has 0 spiro atoms. The molecule has 2 N–H and O–H groups in total. The fourth-order valence-corrected chi connectivity index (χ4v) is 2.69. The van der Waals surface area contributed by atoms with Crippen LogP contribution in [-0.2, 0) is 24.3 Å². The molecule has 0 radical (unpaired) electrons. The number of aryl methyl sites for hydroxylation is 1. The molecule has 2 aromatic rings. The molecular formula is C16H20N4O. The Kier molecular flexibility index (Phi) is 4.01. The molecule has 2 heterocycles. The van der Waals surface area contributed by atoms with Crippen LogP contribution in [0.15, 0.2) is 42.7 Å². The van der Waals surface area contributed by atoms with E-state index in [2.05, 4.69) is 21.7 Å². The molecule has 0 aliphatic carbocycles. The molecule has 0 fully saturated rings. The number of aromatic nitrogens is 2. The van der Waals surface area contributed by atoms with E-state index in [0.29, 0.717) is 19.5 Å². The minimum absolute atomic E-state index is 0.0279. The van der Waals surface area contributed by atoms with Crippen LogP contribution in [0.4, 0.5) is 0 Å². The van der Waals surface area contributed by atoms with E-state index in [1.807, 2.05) is 29.3 Å². The van der Waals surface area contributed by atoms with Crippen molar-refractivity contribution in [2.45, 2.75) is 32.0 Å². The van der Waals surface area contributed by atoms with Gasteiger partial charge in [0.2, 0.25) is 5.91 Å². The van der Waals surface area contributed by atoms with Gasteiger partial charge < -0.3 is 15.2 Å². The van der Waals surface area contributed by atoms with E-state index in [4.69, 9.17) is 5.73 Å². The number of carbonyl (C=O) groups excluding carboxylic acids is 1. The van der Waals surface area contributed by atoms with Gasteiger partial charge in [-0.05, 0) is 18.4 Å². The Balaban J connectivity index is 1.55. The second kappa shape index (κ2) is 6.10. The Morgan fingerprint density at radius 3 is 2.90 bits per heavy atom. The summed E-state index contributed by atoms with van der Waals surface area (Å²) in [7, 11) is 0. The highest BCUT2D eigenvalue weighted by atomic mass is 16.2. The number of carbonyl (C=O) groups is 1. The monoisotopic (exact) mass is 284 g/mol. The topological polar surface area (TPSA) is 64.2 Å². The van der Waals surface area contributed by atoms with Gasteiger partial charge in [0.05, 0.1) is 12.6 Å². The van der Waals surface area contributed by atoms with Crippen molar-refractivity contribution >= 4 is 5.91 Å². The van der Waals surface area contributed by atoms with Crippen LogP contribution in [0.5, 0.6) is 0 Å². The minimum atomic E-state index is -0.438. The molecule has 0 saturated carbocycles. The molecule has 1 aliphatic rings. The summed E-state index contributed by atoms with van der Waals surface area (Å²) in [6, 6.07) is 9.70. The molecule has 0 unspecified atom stereocenters. The predicted octanol–water partition coefficient (Wildman–Crippen LogP) is 1.19. The van der Waals surface area contributed by atoms with Crippen LogP contribution in [0.25, 0.3) is 0 Å². The molecule has 1 aromatic heterocycles. The smallest absolute Gasteiger partial charge is 0.239 e. The number of nitrogens with zero attached hydrogens (tertiary/aromatic N) is 3. The molecular weight excluding hydrogens is 264 g/mol. The van der Waals surface area contributed by atoms with Crippen molar-refractivity contribution < 1.29 is 4.79 Å². The Labute approximate surface area is 124 Å². The normalized spacial score (nSPS) is 15.6. The number of benzene rings is 1. The molecule has 3 rings (SSSR count). The zero-order chi connectivity index (χ0) is 14.7. The summed E-state index contributed by atoms with van der Waals surface area (Å²) in [5, 5.41) is 0. The third-order valence-electron chi connectivity index (χ3n) is 3.96. The fourth-order valence-electron chi connectivity index (χ4n) is 2.69. The molecule has 5 heteroatoms. The first kappa shape index (κ1) is 13.8. The second-order valence-corrected chi connectivity index (χ2v) is 5.43. The van der Waals surface area contributed by atoms with Crippen molar-refractivity contribution in [2.75, 3.05) is 6.54 Å². The maximum atomic E-state index is 12.4. The van der Waals surface area contributed by atoms with Crippen LogP contribution < -0.4 is 5.73 Å². The van der Waals surface area contributed by atoms with Crippen molar-refractivity contribution in [1.29, 1.82) is 0 Å². The van der Waals surface area contributed by atoms with E-state index in [1.165, 1.54) is 5.56 Å². The van der Waals surface area contributed by atoms with Gasteiger partial charge in [-0.25, -0.2) is 4.98 Å². The summed E-state index contributed by atoms with van der Waals surface area (Å²) < 4.78 is 2.08. The van der Waals surface area contributed by atoms with Crippen LogP contribution in [0.1, 0.15) is 17.8 Å². The number of rotatable bonds is 4. The average molecular weight is 284 g/mol. The van der Waals surface area contributed by atoms with Gasteiger partial charge in [-0.15, -0.1) is 0 Å². The van der Waals surface area contributed by atoms with Crippen molar-refractivity contribution in [2.24, 2.45) is 5.73 Å². The molecule has 110 valence electrons. The maximum absolute atomic E-state index is 12.4. The maximum Gasteiger partial charge on any atom is 0.239 e. The summed E-state index contributed by atoms with van der Waals surface area (Å²) in [6.07, 6.45) is 5.23. The molecule has 21 heavy (non-hydrogen) atoms. The molecule has 1 atom stereocenters. The summed E-state index contributed by atoms with van der Waals surface area (Å²) in [5.41, 5.74) is 7.29. The van der Waals surface area contributed by atoms with Gasteiger partial charge in [0.1, 0.15) is 5.82 Å². The largest absolute Gasteiger partial charge is 0.332 e. The lowest BCUT2D eigenvalue weighted by atomic mass is 10.0. The Hall–Kier alpha value is -2.14. The highest BCUT2D eigenvalue weighted by molar-refractivity contribution is 5.81. The zero-order valence-corrected chi connectivity index (χ0v) is 12.0. The van der Waals surface area contributed by atoms with Gasteiger partial charge in [-0.2, -0.15) is 0 Å². The van der Waals surface area contributed by atoms with Crippen LogP contribution in [0.3, 0.4) is 0 Å². The first-order chi connectivity index (χ1) is 10.2. The second-order valence-electron chi connectivity index (χ2n) is 5.43. The third-order valence-corrected chi connectivity index (χ3v) is 3.96. The summed E-state index contributed by atoms with van der Waals surface area (Å²) >= 11 is 0. The number of imidazole rings is 1. The molecule has 0 bridgehead atoms. The first-order valence-corrected chi connectivity index (χ1v) is 7.32. The zero-order valence-electron chi connectivity index (χ0n) is 12.0. The van der Waals surface area contributed by atoms with E-state index in [1.54, 1.807) is 6.20 Å². The quantitative estimate of drug-likeness (QED) is 0.917. The molecule has 1 aromatic carbocycles. The van der Waals surface area contributed by atoms with Gasteiger partial charge in [0.15, 0.2) is 0 Å². The predicted molar refractivity (Wildman–Crippen MR) is 80.4 cm³/mol. The van der Waals surface area contributed by atoms with Crippen LogP contribution in [0, 0.1) is 0 Å². The van der Waals surface area contributed by atoms with Gasteiger partial charge >= 0.3 is 0 Å². The number of hydrogen-bond donors (Lipinski definition) is 1. The Morgan fingerprint density at radius 2 is 2.10 bits per heavy atom. The van der Waals surface area contributed by atoms with E-state index >= 15 is 0 Å². The Bertz CT molecular complexity index is 608. The fraction of sp³-hybridized carbons (Fsp3) is 0.375. The van der Waals surface area contributed by atoms with Gasteiger partial charge in [-0.3, -0.25) is 4.79 Å². The van der Waals surface area contributed by atoms with Crippen LogP contribution in [-0.4, -0.2) is 32.9 Å². The van der Waals surface area contributed by atoms with E-state index in [0.717, 1.165) is 18.8 Å². The minimum Gasteiger partial charge on any atom is -0.332 e. The van der Waals surface area contributed by atoms with Crippen LogP contribution in [0.2, 0.25) is 0 Å². The van der Waals surface area contributed by atoms with Crippen molar-refractivity contribution in [3.05, 3.63) is 54.1 Å². The third kappa shape index (κ3) is 3.13. The van der Waals surface area contributed by atoms with Gasteiger partial charge in [0, 0.05) is 25.5 Å². The lowest BCUT2D eigenvalue weighted by molar-refractivity contribution is -0.134. The Morgan fingerprint density at radius 1 is 1.29 bits per heavy atom. The van der Waals surface area contributed by atoms with Crippen LogP contribution >= 0.6 is 0 Å². The molecule has 1 amide bonds. The lowest BCUT2D eigenvalue weighted by Crippen LogP contribution is -2.47. The molecule has 5 nitrogen and oxygen atoms in total. The summed E-state index contributed by atoms with van der Waals surface area (Å²) in [5.74, 6) is 0.963. The number of nitrogens with two attached hydrogens (primary N) is 1. The lowest BCUT2D eigenvalue weighted by Gasteiger charge is -2.29. The number of hydrogen-bond acceptors (Lipinski definition) is 3. The molecule has 1 aliphatic heterocycles. The van der Waals surface area contributed by atoms with Crippen molar-refractivity contribution in [3.63, 3.8) is 0 Å². The summed E-state index contributed by atoms with van der Waals surface area (Å²) in [6.45, 7) is 2.07. The van der Waals surface area contributed by atoms with Crippen molar-refractivity contribution in [3.8, 4) is 0 Å². The molecule has 0 saturated heterocycles. The van der Waals surface area contributed by atoms with Gasteiger partial charge in [-0.1, -0.05) is 30.3 Å². The van der Waals surface area contributed by atoms with Crippen molar-refractivity contribution in [1.82, 2.24) is 14.5 Å². The van der Waals surface area contributed by atoms with E-state index in [9.17, 15) is 4.79 Å².